The first-order valence-corrected chi connectivity index (χ1v) is 11.0. The quantitative estimate of drug-likeness (QED) is 0.632. The van der Waals surface area contributed by atoms with Crippen LogP contribution in [0.4, 0.5) is 4.39 Å². The molecule has 2 aromatic heterocycles. The standard InChI is InChI=1S/C22H21FN2O4S/c1-24(30(28,29)17-8-5-15(23)6-9-17)16-7-10-19-18(11-12-22(26)27)20-4-2-3-13-25(20)21(19)14-16/h2-6,8-9,11-13,16H,7,10,14H2,1H3,(H,26,27)/b12-11+. The molecule has 156 valence electrons. The van der Waals surface area contributed by atoms with Crippen molar-refractivity contribution in [3.63, 3.8) is 0 Å². The molecule has 30 heavy (non-hydrogen) atoms. The molecule has 0 spiro atoms. The molecular weight excluding hydrogens is 407 g/mol. The first kappa shape index (κ1) is 20.3. The number of benzene rings is 1. The summed E-state index contributed by atoms with van der Waals surface area (Å²) in [4.78, 5) is 11.1. The predicted octanol–water partition coefficient (Wildman–Crippen LogP) is 3.35. The summed E-state index contributed by atoms with van der Waals surface area (Å²) in [5.74, 6) is -1.50. The van der Waals surface area contributed by atoms with Gasteiger partial charge < -0.3 is 9.51 Å². The Morgan fingerprint density at radius 2 is 1.97 bits per heavy atom. The molecule has 0 aliphatic heterocycles. The Hall–Kier alpha value is -2.97. The van der Waals surface area contributed by atoms with E-state index in [-0.39, 0.29) is 10.9 Å². The van der Waals surface area contributed by atoms with E-state index < -0.39 is 21.8 Å². The first-order valence-electron chi connectivity index (χ1n) is 9.54. The van der Waals surface area contributed by atoms with Crippen molar-refractivity contribution in [2.24, 2.45) is 0 Å². The Bertz CT molecular complexity index is 1250. The molecule has 1 aliphatic rings. The second-order valence-electron chi connectivity index (χ2n) is 7.34. The van der Waals surface area contributed by atoms with Gasteiger partial charge in [-0.3, -0.25) is 0 Å². The summed E-state index contributed by atoms with van der Waals surface area (Å²) in [5.41, 5.74) is 3.77. The lowest BCUT2D eigenvalue weighted by molar-refractivity contribution is -0.131. The number of pyridine rings is 1. The van der Waals surface area contributed by atoms with Crippen LogP contribution >= 0.6 is 0 Å². The van der Waals surface area contributed by atoms with Crippen molar-refractivity contribution < 1.29 is 22.7 Å². The number of nitrogens with zero attached hydrogens (tertiary/aromatic N) is 2. The molecule has 0 radical (unpaired) electrons. The number of halogens is 1. The molecule has 0 saturated heterocycles. The zero-order valence-electron chi connectivity index (χ0n) is 16.3. The van der Waals surface area contributed by atoms with Crippen LogP contribution in [0.5, 0.6) is 0 Å². The minimum Gasteiger partial charge on any atom is -0.478 e. The Kier molecular flexibility index (Phi) is 5.21. The van der Waals surface area contributed by atoms with Gasteiger partial charge in [0.25, 0.3) is 0 Å². The van der Waals surface area contributed by atoms with Gasteiger partial charge in [-0.2, -0.15) is 4.31 Å². The van der Waals surface area contributed by atoms with Gasteiger partial charge in [0.15, 0.2) is 0 Å². The van der Waals surface area contributed by atoms with Gasteiger partial charge in [-0.05, 0) is 60.9 Å². The van der Waals surface area contributed by atoms with Crippen molar-refractivity contribution in [1.82, 2.24) is 8.71 Å². The molecule has 6 nitrogen and oxygen atoms in total. The maximum absolute atomic E-state index is 13.2. The van der Waals surface area contributed by atoms with Crippen LogP contribution in [0.15, 0.2) is 59.6 Å². The molecule has 8 heteroatoms. The summed E-state index contributed by atoms with van der Waals surface area (Å²) in [6.45, 7) is 0. The lowest BCUT2D eigenvalue weighted by Gasteiger charge is -2.31. The van der Waals surface area contributed by atoms with Gasteiger partial charge in [0.1, 0.15) is 5.82 Å². The Balaban J connectivity index is 1.71. The number of likely N-dealkylation sites (N-methyl/N-ethyl adjacent to an activating group) is 1. The molecule has 1 aliphatic carbocycles. The van der Waals surface area contributed by atoms with Gasteiger partial charge in [-0.25, -0.2) is 17.6 Å². The number of sulfonamides is 1. The lowest BCUT2D eigenvalue weighted by Crippen LogP contribution is -2.40. The molecule has 0 amide bonds. The third-order valence-corrected chi connectivity index (χ3v) is 7.58. The number of fused-ring (bicyclic) bond motifs is 3. The molecule has 0 fully saturated rings. The minimum absolute atomic E-state index is 0.0577. The third kappa shape index (κ3) is 3.53. The summed E-state index contributed by atoms with van der Waals surface area (Å²) in [7, 11) is -2.21. The van der Waals surface area contributed by atoms with Crippen LogP contribution in [0, 0.1) is 5.82 Å². The van der Waals surface area contributed by atoms with E-state index in [9.17, 15) is 17.6 Å². The molecule has 0 saturated carbocycles. The minimum atomic E-state index is -3.76. The van der Waals surface area contributed by atoms with Crippen LogP contribution in [0.1, 0.15) is 23.2 Å². The van der Waals surface area contributed by atoms with Gasteiger partial charge in [0.05, 0.1) is 10.4 Å². The van der Waals surface area contributed by atoms with E-state index in [2.05, 4.69) is 0 Å². The van der Waals surface area contributed by atoms with Crippen molar-refractivity contribution >= 4 is 27.6 Å². The SMILES string of the molecule is CN(C1CCc2c(/C=C/C(=O)O)c3ccccn3c2C1)S(=O)(=O)c1ccc(F)cc1. The monoisotopic (exact) mass is 428 g/mol. The molecule has 3 aromatic rings. The van der Waals surface area contributed by atoms with E-state index in [4.69, 9.17) is 5.11 Å². The predicted molar refractivity (Wildman–Crippen MR) is 111 cm³/mol. The number of carbonyl (C=O) groups is 1. The molecule has 1 atom stereocenters. The highest BCUT2D eigenvalue weighted by molar-refractivity contribution is 7.89. The van der Waals surface area contributed by atoms with Crippen LogP contribution in [-0.4, -0.2) is 41.3 Å². The van der Waals surface area contributed by atoms with E-state index in [1.54, 1.807) is 13.1 Å². The zero-order chi connectivity index (χ0) is 21.5. The number of aliphatic carboxylic acids is 1. The topological polar surface area (TPSA) is 79.1 Å². The molecule has 1 unspecified atom stereocenters. The van der Waals surface area contributed by atoms with Crippen LogP contribution < -0.4 is 0 Å². The van der Waals surface area contributed by atoms with Gasteiger partial charge in [0.2, 0.25) is 10.0 Å². The number of hydrogen-bond donors (Lipinski definition) is 1. The van der Waals surface area contributed by atoms with Crippen molar-refractivity contribution in [2.45, 2.75) is 30.2 Å². The highest BCUT2D eigenvalue weighted by Gasteiger charge is 2.33. The van der Waals surface area contributed by atoms with Gasteiger partial charge in [-0.15, -0.1) is 0 Å². The van der Waals surface area contributed by atoms with E-state index in [0.717, 1.165) is 40.5 Å². The maximum Gasteiger partial charge on any atom is 0.328 e. The maximum atomic E-state index is 13.2. The lowest BCUT2D eigenvalue weighted by atomic mass is 9.91. The van der Waals surface area contributed by atoms with Crippen LogP contribution in [0.3, 0.4) is 0 Å². The zero-order valence-corrected chi connectivity index (χ0v) is 17.1. The first-order chi connectivity index (χ1) is 14.3. The summed E-state index contributed by atoms with van der Waals surface area (Å²) < 4.78 is 42.6. The van der Waals surface area contributed by atoms with Crippen molar-refractivity contribution in [2.75, 3.05) is 7.05 Å². The summed E-state index contributed by atoms with van der Waals surface area (Å²) in [5, 5.41) is 9.03. The summed E-state index contributed by atoms with van der Waals surface area (Å²) >= 11 is 0. The van der Waals surface area contributed by atoms with E-state index >= 15 is 0 Å². The fourth-order valence-corrected chi connectivity index (χ4v) is 5.50. The molecule has 1 aromatic carbocycles. The number of aromatic nitrogens is 1. The van der Waals surface area contributed by atoms with E-state index in [1.807, 2.05) is 28.8 Å². The molecule has 2 heterocycles. The van der Waals surface area contributed by atoms with Crippen molar-refractivity contribution in [3.05, 3.63) is 77.4 Å². The van der Waals surface area contributed by atoms with Gasteiger partial charge >= 0.3 is 5.97 Å². The Morgan fingerprint density at radius 1 is 1.23 bits per heavy atom. The van der Waals surface area contributed by atoms with E-state index in [1.165, 1.54) is 16.4 Å². The number of rotatable bonds is 5. The van der Waals surface area contributed by atoms with Crippen molar-refractivity contribution in [3.8, 4) is 0 Å². The molecule has 0 bridgehead atoms. The number of carboxylic acid groups (broad SMARTS) is 1. The van der Waals surface area contributed by atoms with Crippen molar-refractivity contribution in [1.29, 1.82) is 0 Å². The van der Waals surface area contributed by atoms with Crippen LogP contribution in [-0.2, 0) is 27.7 Å². The number of carboxylic acids is 1. The number of hydrogen-bond acceptors (Lipinski definition) is 3. The second-order valence-corrected chi connectivity index (χ2v) is 9.34. The van der Waals surface area contributed by atoms with Crippen LogP contribution in [0.25, 0.3) is 11.6 Å². The Morgan fingerprint density at radius 3 is 2.67 bits per heavy atom. The average Bonchev–Trinajstić information content (AvgIpc) is 3.05. The molecular formula is C22H21FN2O4S. The van der Waals surface area contributed by atoms with Crippen LogP contribution in [0.2, 0.25) is 0 Å². The van der Waals surface area contributed by atoms with Gasteiger partial charge in [0, 0.05) is 43.0 Å². The van der Waals surface area contributed by atoms with E-state index in [0.29, 0.717) is 19.3 Å². The Labute approximate surface area is 173 Å². The molecule has 4 rings (SSSR count). The largest absolute Gasteiger partial charge is 0.478 e. The smallest absolute Gasteiger partial charge is 0.328 e. The summed E-state index contributed by atoms with van der Waals surface area (Å²) in [6, 6.07) is 10.3. The fourth-order valence-electron chi connectivity index (χ4n) is 4.11. The highest BCUT2D eigenvalue weighted by Crippen LogP contribution is 2.34. The second kappa shape index (κ2) is 7.70. The fraction of sp³-hybridized carbons (Fsp3) is 0.227. The highest BCUT2D eigenvalue weighted by atomic mass is 32.2. The summed E-state index contributed by atoms with van der Waals surface area (Å²) in [6.07, 6.45) is 6.37. The van der Waals surface area contributed by atoms with Gasteiger partial charge in [-0.1, -0.05) is 6.07 Å². The normalized spacial score (nSPS) is 17.0. The average molecular weight is 428 g/mol. The third-order valence-electron chi connectivity index (χ3n) is 5.65. The molecule has 1 N–H and O–H groups in total.